The summed E-state index contributed by atoms with van der Waals surface area (Å²) in [6.45, 7) is 6.00. The molecule has 1 heterocycles. The van der Waals surface area contributed by atoms with E-state index >= 15 is 0 Å². The first-order chi connectivity index (χ1) is 8.95. The van der Waals surface area contributed by atoms with Crippen molar-refractivity contribution >= 4 is 17.2 Å². The van der Waals surface area contributed by atoms with Crippen LogP contribution in [-0.2, 0) is 0 Å². The molecule has 0 bridgehead atoms. The first-order valence-electron chi connectivity index (χ1n) is 5.99. The molecule has 0 aliphatic heterocycles. The first-order valence-corrected chi connectivity index (χ1v) is 6.40. The van der Waals surface area contributed by atoms with Crippen molar-refractivity contribution < 1.29 is 4.74 Å². The third kappa shape index (κ3) is 3.29. The number of rotatable bonds is 3. The number of aryl methyl sites for hydroxylation is 3. The first kappa shape index (κ1) is 13.5. The molecule has 0 fully saturated rings. The van der Waals surface area contributed by atoms with Crippen molar-refractivity contribution in [1.82, 2.24) is 4.98 Å². The molecule has 0 aliphatic carbocycles. The minimum absolute atomic E-state index is 0.343. The van der Waals surface area contributed by atoms with Crippen molar-refractivity contribution in [2.24, 2.45) is 5.73 Å². The van der Waals surface area contributed by atoms with Crippen LogP contribution in [0.4, 0.5) is 0 Å². The third-order valence-corrected chi connectivity index (χ3v) is 3.15. The van der Waals surface area contributed by atoms with Gasteiger partial charge in [0.25, 0.3) is 0 Å². The van der Waals surface area contributed by atoms with Gasteiger partial charge < -0.3 is 10.5 Å². The maximum Gasteiger partial charge on any atom is 0.220 e. The molecule has 3 nitrogen and oxygen atoms in total. The van der Waals surface area contributed by atoms with Gasteiger partial charge in [-0.25, -0.2) is 4.98 Å². The van der Waals surface area contributed by atoms with Crippen LogP contribution in [0.25, 0.3) is 0 Å². The number of nitrogens with zero attached hydrogens (tertiary/aromatic N) is 1. The largest absolute Gasteiger partial charge is 0.439 e. The fourth-order valence-corrected chi connectivity index (χ4v) is 1.85. The van der Waals surface area contributed by atoms with Crippen molar-refractivity contribution in [3.05, 3.63) is 52.7 Å². The van der Waals surface area contributed by atoms with E-state index in [0.717, 1.165) is 17.0 Å². The molecule has 2 rings (SSSR count). The zero-order valence-corrected chi connectivity index (χ0v) is 12.0. The molecule has 0 radical (unpaired) electrons. The number of hydrogen-bond acceptors (Lipinski definition) is 3. The highest BCUT2D eigenvalue weighted by Crippen LogP contribution is 2.23. The minimum Gasteiger partial charge on any atom is -0.439 e. The van der Waals surface area contributed by atoms with Gasteiger partial charge in [-0.3, -0.25) is 0 Å². The molecule has 0 saturated carbocycles. The minimum atomic E-state index is 0.343. The predicted molar refractivity (Wildman–Crippen MR) is 80.9 cm³/mol. The Morgan fingerprint density at radius 1 is 1.11 bits per heavy atom. The Morgan fingerprint density at radius 3 is 2.47 bits per heavy atom. The molecule has 98 valence electrons. The van der Waals surface area contributed by atoms with Crippen molar-refractivity contribution in [2.45, 2.75) is 20.8 Å². The quantitative estimate of drug-likeness (QED) is 0.870. The van der Waals surface area contributed by atoms with Crippen LogP contribution in [0.5, 0.6) is 11.6 Å². The molecular weight excluding hydrogens is 256 g/mol. The van der Waals surface area contributed by atoms with Gasteiger partial charge in [-0.2, -0.15) is 0 Å². The van der Waals surface area contributed by atoms with E-state index in [2.05, 4.69) is 11.9 Å². The zero-order valence-electron chi connectivity index (χ0n) is 11.2. The van der Waals surface area contributed by atoms with E-state index in [9.17, 15) is 0 Å². The second kappa shape index (κ2) is 5.36. The summed E-state index contributed by atoms with van der Waals surface area (Å²) < 4.78 is 5.76. The van der Waals surface area contributed by atoms with E-state index in [1.165, 1.54) is 11.1 Å². The molecule has 0 atom stereocenters. The smallest absolute Gasteiger partial charge is 0.220 e. The fraction of sp³-hybridized carbons (Fsp3) is 0.200. The molecule has 0 spiro atoms. The lowest BCUT2D eigenvalue weighted by Gasteiger charge is -2.09. The standard InChI is InChI=1S/C15H16N2OS/c1-9-4-5-13(6-10(9)2)18-14-8-12(15(16)19)7-11(3)17-14/h4-8H,1-3H3,(H2,16,19). The van der Waals surface area contributed by atoms with Crippen LogP contribution >= 0.6 is 12.2 Å². The summed E-state index contributed by atoms with van der Waals surface area (Å²) in [7, 11) is 0. The van der Waals surface area contributed by atoms with Crippen LogP contribution in [0.3, 0.4) is 0 Å². The van der Waals surface area contributed by atoms with Gasteiger partial charge in [0.15, 0.2) is 0 Å². The second-order valence-electron chi connectivity index (χ2n) is 4.55. The van der Waals surface area contributed by atoms with Crippen LogP contribution in [-0.4, -0.2) is 9.97 Å². The summed E-state index contributed by atoms with van der Waals surface area (Å²) in [6.07, 6.45) is 0. The average molecular weight is 272 g/mol. The van der Waals surface area contributed by atoms with Gasteiger partial charge in [0.1, 0.15) is 10.7 Å². The molecule has 0 saturated heterocycles. The Balaban J connectivity index is 2.32. The van der Waals surface area contributed by atoms with Gasteiger partial charge >= 0.3 is 0 Å². The monoisotopic (exact) mass is 272 g/mol. The predicted octanol–water partition coefficient (Wildman–Crippen LogP) is 3.43. The van der Waals surface area contributed by atoms with Gasteiger partial charge in [0, 0.05) is 17.3 Å². The number of thiocarbonyl (C=S) groups is 1. The fourth-order valence-electron chi connectivity index (χ4n) is 1.73. The molecule has 1 aromatic heterocycles. The zero-order chi connectivity index (χ0) is 14.0. The summed E-state index contributed by atoms with van der Waals surface area (Å²) in [5.41, 5.74) is 9.64. The molecule has 2 N–H and O–H groups in total. The van der Waals surface area contributed by atoms with E-state index < -0.39 is 0 Å². The van der Waals surface area contributed by atoms with Crippen LogP contribution < -0.4 is 10.5 Å². The molecule has 2 aromatic rings. The number of ether oxygens (including phenoxy) is 1. The number of pyridine rings is 1. The lowest BCUT2D eigenvalue weighted by molar-refractivity contribution is 0.461. The van der Waals surface area contributed by atoms with Gasteiger partial charge in [-0.15, -0.1) is 0 Å². The lowest BCUT2D eigenvalue weighted by atomic mass is 10.1. The Kier molecular flexibility index (Phi) is 3.81. The molecule has 19 heavy (non-hydrogen) atoms. The normalized spacial score (nSPS) is 10.3. The highest BCUT2D eigenvalue weighted by atomic mass is 32.1. The van der Waals surface area contributed by atoms with E-state index in [4.69, 9.17) is 22.7 Å². The van der Waals surface area contributed by atoms with Gasteiger partial charge in [0.05, 0.1) is 0 Å². The molecule has 0 aliphatic rings. The topological polar surface area (TPSA) is 48.1 Å². The van der Waals surface area contributed by atoms with Crippen LogP contribution in [0.1, 0.15) is 22.4 Å². The number of nitrogens with two attached hydrogens (primary N) is 1. The molecule has 0 unspecified atom stereocenters. The maximum atomic E-state index is 5.76. The summed E-state index contributed by atoms with van der Waals surface area (Å²) in [5, 5.41) is 0. The van der Waals surface area contributed by atoms with Crippen LogP contribution in [0, 0.1) is 20.8 Å². The Bertz CT molecular complexity index is 638. The van der Waals surface area contributed by atoms with Crippen molar-refractivity contribution in [2.75, 3.05) is 0 Å². The van der Waals surface area contributed by atoms with E-state index in [1.807, 2.05) is 38.1 Å². The van der Waals surface area contributed by atoms with Crippen LogP contribution in [0.2, 0.25) is 0 Å². The van der Waals surface area contributed by atoms with Gasteiger partial charge in [-0.1, -0.05) is 18.3 Å². The van der Waals surface area contributed by atoms with E-state index in [1.54, 1.807) is 6.07 Å². The van der Waals surface area contributed by atoms with Gasteiger partial charge in [0.2, 0.25) is 5.88 Å². The molecular formula is C15H16N2OS. The van der Waals surface area contributed by atoms with Crippen molar-refractivity contribution in [3.8, 4) is 11.6 Å². The van der Waals surface area contributed by atoms with E-state index in [-0.39, 0.29) is 0 Å². The molecule has 4 heteroatoms. The lowest BCUT2D eigenvalue weighted by Crippen LogP contribution is -2.10. The summed E-state index contributed by atoms with van der Waals surface area (Å²) in [4.78, 5) is 4.67. The Hall–Kier alpha value is -1.94. The Labute approximate surface area is 118 Å². The average Bonchev–Trinajstić information content (AvgIpc) is 2.33. The van der Waals surface area contributed by atoms with E-state index in [0.29, 0.717) is 10.9 Å². The van der Waals surface area contributed by atoms with Crippen molar-refractivity contribution in [1.29, 1.82) is 0 Å². The molecule has 1 aromatic carbocycles. The number of aromatic nitrogens is 1. The maximum absolute atomic E-state index is 5.76. The number of benzene rings is 1. The van der Waals surface area contributed by atoms with Crippen LogP contribution in [0.15, 0.2) is 30.3 Å². The van der Waals surface area contributed by atoms with Crippen molar-refractivity contribution in [3.63, 3.8) is 0 Å². The number of hydrogen-bond donors (Lipinski definition) is 1. The van der Waals surface area contributed by atoms with Gasteiger partial charge in [-0.05, 0) is 50.1 Å². The molecule has 0 amide bonds. The highest BCUT2D eigenvalue weighted by molar-refractivity contribution is 7.80. The second-order valence-corrected chi connectivity index (χ2v) is 4.99. The third-order valence-electron chi connectivity index (χ3n) is 2.92. The SMILES string of the molecule is Cc1cc(C(N)=S)cc(Oc2ccc(C)c(C)c2)n1. The highest BCUT2D eigenvalue weighted by Gasteiger charge is 2.05. The summed E-state index contributed by atoms with van der Waals surface area (Å²) in [6, 6.07) is 9.53. The summed E-state index contributed by atoms with van der Waals surface area (Å²) >= 11 is 4.98. The summed E-state index contributed by atoms with van der Waals surface area (Å²) in [5.74, 6) is 1.26. The Morgan fingerprint density at radius 2 is 1.84 bits per heavy atom.